The average molecular weight is 154 g/mol. The van der Waals surface area contributed by atoms with Crippen molar-refractivity contribution >= 4 is 5.78 Å². The van der Waals surface area contributed by atoms with Crippen molar-refractivity contribution in [3.8, 4) is 0 Å². The summed E-state index contributed by atoms with van der Waals surface area (Å²) in [7, 11) is 1.49. The second-order valence-corrected chi connectivity index (χ2v) is 2.24. The summed E-state index contributed by atoms with van der Waals surface area (Å²) in [5.74, 6) is -0.0428. The van der Waals surface area contributed by atoms with E-state index in [1.807, 2.05) is 0 Å². The molecule has 0 saturated carbocycles. The maximum absolute atomic E-state index is 11.1. The molecule has 4 heteroatoms. The highest BCUT2D eigenvalue weighted by Gasteiger charge is 2.09. The normalized spacial score (nSPS) is 10.0. The molecule has 4 nitrogen and oxygen atoms in total. The first-order chi connectivity index (χ1) is 5.25. The fourth-order valence-corrected chi connectivity index (χ4v) is 0.849. The third-order valence-electron chi connectivity index (χ3n) is 1.41. The smallest absolute Gasteiger partial charge is 0.191 e. The van der Waals surface area contributed by atoms with Gasteiger partial charge in [0.05, 0.1) is 11.3 Å². The van der Waals surface area contributed by atoms with Gasteiger partial charge in [0.2, 0.25) is 0 Å². The van der Waals surface area contributed by atoms with Crippen LogP contribution in [0.25, 0.3) is 0 Å². The van der Waals surface area contributed by atoms with Crippen LogP contribution in [0.15, 0.2) is 6.20 Å². The van der Waals surface area contributed by atoms with Gasteiger partial charge in [-0.25, -0.2) is 0 Å². The molecule has 1 rings (SSSR count). The monoisotopic (exact) mass is 154 g/mol. The molecule has 0 aliphatic carbocycles. The van der Waals surface area contributed by atoms with E-state index in [4.69, 9.17) is 4.74 Å². The summed E-state index contributed by atoms with van der Waals surface area (Å²) in [5.41, 5.74) is 1.32. The number of carbonyl (C=O) groups is 1. The fraction of sp³-hybridized carbons (Fsp3) is 0.429. The standard InChI is InChI=1S/C7H10N2O2/c1-5-6(3-8-9-5)7(10)4-11-2/h3H,4H2,1-2H3,(H,8,9). The molecule has 0 radical (unpaired) electrons. The number of hydrogen-bond acceptors (Lipinski definition) is 3. The number of aromatic amines is 1. The summed E-state index contributed by atoms with van der Waals surface area (Å²) in [6.07, 6.45) is 1.58. The number of rotatable bonds is 3. The fourth-order valence-electron chi connectivity index (χ4n) is 0.849. The van der Waals surface area contributed by atoms with E-state index >= 15 is 0 Å². The van der Waals surface area contributed by atoms with Crippen LogP contribution in [-0.4, -0.2) is 29.7 Å². The molecule has 0 bridgehead atoms. The van der Waals surface area contributed by atoms with E-state index in [-0.39, 0.29) is 12.4 Å². The van der Waals surface area contributed by atoms with Crippen LogP contribution in [-0.2, 0) is 4.74 Å². The number of aromatic nitrogens is 2. The number of carbonyl (C=O) groups excluding carboxylic acids is 1. The van der Waals surface area contributed by atoms with E-state index in [9.17, 15) is 4.79 Å². The number of ether oxygens (including phenoxy) is 1. The molecule has 11 heavy (non-hydrogen) atoms. The van der Waals surface area contributed by atoms with E-state index in [0.29, 0.717) is 11.3 Å². The topological polar surface area (TPSA) is 55.0 Å². The summed E-state index contributed by atoms with van der Waals surface area (Å²) in [6.45, 7) is 1.89. The third-order valence-corrected chi connectivity index (χ3v) is 1.41. The summed E-state index contributed by atoms with van der Waals surface area (Å²) < 4.78 is 4.69. The van der Waals surface area contributed by atoms with Gasteiger partial charge in [-0.15, -0.1) is 0 Å². The van der Waals surface area contributed by atoms with Crippen molar-refractivity contribution in [2.24, 2.45) is 0 Å². The van der Waals surface area contributed by atoms with E-state index in [1.54, 1.807) is 13.1 Å². The molecule has 0 unspecified atom stereocenters. The van der Waals surface area contributed by atoms with Gasteiger partial charge in [-0.05, 0) is 6.92 Å². The van der Waals surface area contributed by atoms with Gasteiger partial charge in [0.25, 0.3) is 0 Å². The van der Waals surface area contributed by atoms with Crippen molar-refractivity contribution < 1.29 is 9.53 Å². The highest BCUT2D eigenvalue weighted by Crippen LogP contribution is 2.02. The van der Waals surface area contributed by atoms with Crippen molar-refractivity contribution in [1.29, 1.82) is 0 Å². The molecule has 1 aromatic rings. The Morgan fingerprint density at radius 3 is 3.00 bits per heavy atom. The Hall–Kier alpha value is -1.16. The molecule has 1 aromatic heterocycles. The van der Waals surface area contributed by atoms with Crippen molar-refractivity contribution in [2.75, 3.05) is 13.7 Å². The van der Waals surface area contributed by atoms with E-state index in [0.717, 1.165) is 0 Å². The van der Waals surface area contributed by atoms with Crippen LogP contribution in [0.2, 0.25) is 0 Å². The number of hydrogen-bond donors (Lipinski definition) is 1. The Kier molecular flexibility index (Phi) is 2.38. The molecular weight excluding hydrogens is 144 g/mol. The van der Waals surface area contributed by atoms with Crippen LogP contribution < -0.4 is 0 Å². The highest BCUT2D eigenvalue weighted by molar-refractivity contribution is 5.97. The number of aryl methyl sites for hydroxylation is 1. The van der Waals surface area contributed by atoms with Gasteiger partial charge in [0.15, 0.2) is 5.78 Å². The molecule has 0 spiro atoms. The highest BCUT2D eigenvalue weighted by atomic mass is 16.5. The second kappa shape index (κ2) is 3.30. The van der Waals surface area contributed by atoms with Crippen LogP contribution in [0.4, 0.5) is 0 Å². The van der Waals surface area contributed by atoms with E-state index in [1.165, 1.54) is 7.11 Å². The van der Waals surface area contributed by atoms with Crippen molar-refractivity contribution in [1.82, 2.24) is 10.2 Å². The van der Waals surface area contributed by atoms with E-state index in [2.05, 4.69) is 10.2 Å². The van der Waals surface area contributed by atoms with Crippen LogP contribution in [0.3, 0.4) is 0 Å². The number of methoxy groups -OCH3 is 1. The lowest BCUT2D eigenvalue weighted by atomic mass is 10.2. The number of nitrogens with one attached hydrogen (secondary N) is 1. The minimum absolute atomic E-state index is 0.0428. The molecule has 1 N–H and O–H groups in total. The Balaban J connectivity index is 2.76. The lowest BCUT2D eigenvalue weighted by Crippen LogP contribution is -2.07. The first-order valence-electron chi connectivity index (χ1n) is 3.28. The molecule has 0 aliphatic rings. The van der Waals surface area contributed by atoms with Gasteiger partial charge in [-0.3, -0.25) is 9.89 Å². The SMILES string of the molecule is COCC(=O)c1c[nH]nc1C. The summed E-state index contributed by atoms with van der Waals surface area (Å²) in [4.78, 5) is 11.1. The number of H-pyrrole nitrogens is 1. The first-order valence-corrected chi connectivity index (χ1v) is 3.28. The summed E-state index contributed by atoms with van der Waals surface area (Å²) in [5, 5.41) is 6.43. The molecule has 0 atom stereocenters. The Labute approximate surface area is 64.6 Å². The maximum atomic E-state index is 11.1. The lowest BCUT2D eigenvalue weighted by molar-refractivity contribution is 0.0847. The van der Waals surface area contributed by atoms with Gasteiger partial charge < -0.3 is 4.74 Å². The van der Waals surface area contributed by atoms with Crippen LogP contribution in [0, 0.1) is 6.92 Å². The van der Waals surface area contributed by atoms with Crippen molar-refractivity contribution in [2.45, 2.75) is 6.92 Å². The Morgan fingerprint density at radius 1 is 1.82 bits per heavy atom. The summed E-state index contributed by atoms with van der Waals surface area (Å²) >= 11 is 0. The molecule has 60 valence electrons. The zero-order valence-corrected chi connectivity index (χ0v) is 6.55. The third kappa shape index (κ3) is 1.65. The van der Waals surface area contributed by atoms with Crippen LogP contribution in [0.5, 0.6) is 0 Å². The molecule has 1 heterocycles. The minimum atomic E-state index is -0.0428. The van der Waals surface area contributed by atoms with Gasteiger partial charge in [0, 0.05) is 13.3 Å². The van der Waals surface area contributed by atoms with Crippen LogP contribution in [0.1, 0.15) is 16.1 Å². The zero-order chi connectivity index (χ0) is 8.27. The largest absolute Gasteiger partial charge is 0.377 e. The second-order valence-electron chi connectivity index (χ2n) is 2.24. The van der Waals surface area contributed by atoms with Gasteiger partial charge in [-0.2, -0.15) is 5.10 Å². The molecule has 0 aliphatic heterocycles. The quantitative estimate of drug-likeness (QED) is 0.647. The van der Waals surface area contributed by atoms with E-state index < -0.39 is 0 Å². The minimum Gasteiger partial charge on any atom is -0.377 e. The lowest BCUT2D eigenvalue weighted by Gasteiger charge is -1.94. The van der Waals surface area contributed by atoms with Gasteiger partial charge in [0.1, 0.15) is 6.61 Å². The molecule has 0 fully saturated rings. The molecule has 0 saturated heterocycles. The number of nitrogens with zero attached hydrogens (tertiary/aromatic N) is 1. The van der Waals surface area contributed by atoms with Crippen molar-refractivity contribution in [3.05, 3.63) is 17.5 Å². The maximum Gasteiger partial charge on any atom is 0.191 e. The average Bonchev–Trinajstić information content (AvgIpc) is 2.36. The predicted molar refractivity (Wildman–Crippen MR) is 39.5 cm³/mol. The zero-order valence-electron chi connectivity index (χ0n) is 6.55. The predicted octanol–water partition coefficient (Wildman–Crippen LogP) is 0.547. The number of Topliss-reactive ketones (excluding diaryl/α,β-unsaturated/α-hetero) is 1. The van der Waals surface area contributed by atoms with Gasteiger partial charge >= 0.3 is 0 Å². The van der Waals surface area contributed by atoms with Crippen molar-refractivity contribution in [3.63, 3.8) is 0 Å². The molecular formula is C7H10N2O2. The summed E-state index contributed by atoms with van der Waals surface area (Å²) in [6, 6.07) is 0. The number of ketones is 1. The Bertz CT molecular complexity index is 255. The molecule has 0 amide bonds. The van der Waals surface area contributed by atoms with Gasteiger partial charge in [-0.1, -0.05) is 0 Å². The van der Waals surface area contributed by atoms with Crippen LogP contribution >= 0.6 is 0 Å². The molecule has 0 aromatic carbocycles. The first kappa shape index (κ1) is 7.94. The Morgan fingerprint density at radius 2 is 2.55 bits per heavy atom.